The third-order valence-corrected chi connectivity index (χ3v) is 3.69. The smallest absolute Gasteiger partial charge is 0.301 e. The monoisotopic (exact) mass is 316 g/mol. The summed E-state index contributed by atoms with van der Waals surface area (Å²) in [4.78, 5) is 3.82. The molecule has 0 saturated heterocycles. The number of hydrogen-bond donors (Lipinski definition) is 1. The van der Waals surface area contributed by atoms with Gasteiger partial charge in [0.1, 0.15) is 6.04 Å². The lowest BCUT2D eigenvalue weighted by molar-refractivity contribution is -0.158. The molecule has 2 nitrogen and oxygen atoms in total. The Kier molecular flexibility index (Phi) is 9.13. The Bertz CT molecular complexity index is 379. The summed E-state index contributed by atoms with van der Waals surface area (Å²) < 4.78 is 39.2. The normalized spacial score (nSPS) is 13.3. The van der Waals surface area contributed by atoms with Crippen LogP contribution in [-0.2, 0) is 0 Å². The molecule has 1 aromatic heterocycles. The molecule has 0 radical (unpaired) electrons. The van der Waals surface area contributed by atoms with E-state index in [1.165, 1.54) is 44.4 Å². The first kappa shape index (κ1) is 18.9. The number of unbranched alkanes of at least 4 members (excludes halogenated alkanes) is 7. The van der Waals surface area contributed by atoms with Crippen molar-refractivity contribution in [3.05, 3.63) is 30.1 Å². The molecule has 0 bridgehead atoms. The number of alkyl halides is 3. The van der Waals surface area contributed by atoms with Gasteiger partial charge in [0.05, 0.1) is 5.69 Å². The minimum Gasteiger partial charge on any atom is -0.301 e. The standard InChI is InChI=1S/C17H27F3N2/c1-2-3-4-5-6-7-8-10-14-22-16(17(18,19)20)15-12-9-11-13-21-15/h9,11-13,16,22H,2-8,10,14H2,1H3/t16-/m0/s1. The molecule has 0 spiro atoms. The van der Waals surface area contributed by atoms with Gasteiger partial charge in [0.25, 0.3) is 0 Å². The molecule has 0 saturated carbocycles. The molecule has 0 aliphatic heterocycles. The summed E-state index contributed by atoms with van der Waals surface area (Å²) in [5.74, 6) is 0. The van der Waals surface area contributed by atoms with Crippen LogP contribution in [0.5, 0.6) is 0 Å². The lowest BCUT2D eigenvalue weighted by atomic mass is 10.1. The fourth-order valence-electron chi connectivity index (χ4n) is 2.44. The minimum atomic E-state index is -4.31. The molecule has 0 aromatic carbocycles. The van der Waals surface area contributed by atoms with Gasteiger partial charge in [-0.3, -0.25) is 4.98 Å². The van der Waals surface area contributed by atoms with E-state index in [-0.39, 0.29) is 5.69 Å². The molecule has 0 unspecified atom stereocenters. The van der Waals surface area contributed by atoms with E-state index in [4.69, 9.17) is 0 Å². The third kappa shape index (κ3) is 7.78. The predicted molar refractivity (Wildman–Crippen MR) is 83.6 cm³/mol. The van der Waals surface area contributed by atoms with Crippen molar-refractivity contribution in [1.82, 2.24) is 10.3 Å². The Morgan fingerprint density at radius 3 is 2.18 bits per heavy atom. The molecule has 0 aliphatic rings. The Hall–Kier alpha value is -1.10. The molecule has 0 aliphatic carbocycles. The van der Waals surface area contributed by atoms with E-state index in [2.05, 4.69) is 17.2 Å². The topological polar surface area (TPSA) is 24.9 Å². The van der Waals surface area contributed by atoms with Crippen molar-refractivity contribution in [2.75, 3.05) is 6.54 Å². The SMILES string of the molecule is CCCCCCCCCCN[C@@H](c1ccccn1)C(F)(F)F. The largest absolute Gasteiger partial charge is 0.409 e. The molecule has 0 fully saturated rings. The van der Waals surface area contributed by atoms with Crippen molar-refractivity contribution < 1.29 is 13.2 Å². The fraction of sp³-hybridized carbons (Fsp3) is 0.706. The van der Waals surface area contributed by atoms with Gasteiger partial charge in [0.15, 0.2) is 0 Å². The molecule has 0 amide bonds. The maximum atomic E-state index is 13.1. The molecular weight excluding hydrogens is 289 g/mol. The number of nitrogens with zero attached hydrogens (tertiary/aromatic N) is 1. The quantitative estimate of drug-likeness (QED) is 0.552. The summed E-state index contributed by atoms with van der Waals surface area (Å²) >= 11 is 0. The van der Waals surface area contributed by atoms with Crippen LogP contribution in [0.15, 0.2) is 24.4 Å². The van der Waals surface area contributed by atoms with Crippen LogP contribution in [0.25, 0.3) is 0 Å². The number of nitrogens with one attached hydrogen (secondary N) is 1. The summed E-state index contributed by atoms with van der Waals surface area (Å²) in [6, 6.07) is 2.95. The van der Waals surface area contributed by atoms with Gasteiger partial charge in [-0.15, -0.1) is 0 Å². The second-order valence-electron chi connectivity index (χ2n) is 5.66. The highest BCUT2D eigenvalue weighted by atomic mass is 19.4. The number of pyridine rings is 1. The van der Waals surface area contributed by atoms with E-state index >= 15 is 0 Å². The second-order valence-corrected chi connectivity index (χ2v) is 5.66. The highest BCUT2D eigenvalue weighted by Gasteiger charge is 2.41. The molecule has 1 aromatic rings. The van der Waals surface area contributed by atoms with E-state index in [0.717, 1.165) is 19.3 Å². The zero-order valence-electron chi connectivity index (χ0n) is 13.3. The van der Waals surface area contributed by atoms with Gasteiger partial charge in [0.2, 0.25) is 0 Å². The maximum Gasteiger partial charge on any atom is 0.409 e. The van der Waals surface area contributed by atoms with Crippen LogP contribution in [0.2, 0.25) is 0 Å². The van der Waals surface area contributed by atoms with Gasteiger partial charge in [-0.1, -0.05) is 57.9 Å². The van der Waals surface area contributed by atoms with E-state index in [1.54, 1.807) is 12.1 Å². The van der Waals surface area contributed by atoms with Crippen molar-refractivity contribution in [3.63, 3.8) is 0 Å². The highest BCUT2D eigenvalue weighted by molar-refractivity contribution is 5.10. The van der Waals surface area contributed by atoms with Crippen LogP contribution < -0.4 is 5.32 Å². The summed E-state index contributed by atoms with van der Waals surface area (Å²) in [6.07, 6.45) is 6.13. The van der Waals surface area contributed by atoms with Crippen molar-refractivity contribution in [1.29, 1.82) is 0 Å². The molecule has 1 atom stereocenters. The van der Waals surface area contributed by atoms with Crippen molar-refractivity contribution in [2.45, 2.75) is 70.5 Å². The molecule has 1 heterocycles. The third-order valence-electron chi connectivity index (χ3n) is 3.69. The summed E-state index contributed by atoms with van der Waals surface area (Å²) in [5.41, 5.74) is 0.0366. The van der Waals surface area contributed by atoms with Crippen LogP contribution in [0, 0.1) is 0 Å². The zero-order valence-corrected chi connectivity index (χ0v) is 13.3. The molecular formula is C17H27F3N2. The molecule has 1 rings (SSSR count). The van der Waals surface area contributed by atoms with Gasteiger partial charge >= 0.3 is 6.18 Å². The van der Waals surface area contributed by atoms with Gasteiger partial charge < -0.3 is 5.32 Å². The van der Waals surface area contributed by atoms with Crippen molar-refractivity contribution in [2.24, 2.45) is 0 Å². The first-order valence-corrected chi connectivity index (χ1v) is 8.26. The molecule has 1 N–H and O–H groups in total. The Morgan fingerprint density at radius 2 is 1.64 bits per heavy atom. The average Bonchev–Trinajstić information content (AvgIpc) is 2.49. The molecule has 126 valence electrons. The number of rotatable bonds is 11. The van der Waals surface area contributed by atoms with Crippen LogP contribution >= 0.6 is 0 Å². The Morgan fingerprint density at radius 1 is 1.00 bits per heavy atom. The van der Waals surface area contributed by atoms with Gasteiger partial charge in [0, 0.05) is 6.20 Å². The highest BCUT2D eigenvalue weighted by Crippen LogP contribution is 2.31. The van der Waals surface area contributed by atoms with Gasteiger partial charge in [-0.05, 0) is 25.1 Å². The lowest BCUT2D eigenvalue weighted by Crippen LogP contribution is -2.35. The minimum absolute atomic E-state index is 0.0366. The average molecular weight is 316 g/mol. The second kappa shape index (κ2) is 10.6. The first-order chi connectivity index (χ1) is 10.6. The summed E-state index contributed by atoms with van der Waals surface area (Å²) in [5, 5.41) is 2.60. The van der Waals surface area contributed by atoms with E-state index in [9.17, 15) is 13.2 Å². The van der Waals surface area contributed by atoms with E-state index in [0.29, 0.717) is 6.54 Å². The van der Waals surface area contributed by atoms with Crippen LogP contribution in [0.3, 0.4) is 0 Å². The number of halogens is 3. The fourth-order valence-corrected chi connectivity index (χ4v) is 2.44. The first-order valence-electron chi connectivity index (χ1n) is 8.26. The van der Waals surface area contributed by atoms with Gasteiger partial charge in [-0.2, -0.15) is 13.2 Å². The Balaban J connectivity index is 2.23. The van der Waals surface area contributed by atoms with Crippen molar-refractivity contribution >= 4 is 0 Å². The molecule has 22 heavy (non-hydrogen) atoms. The van der Waals surface area contributed by atoms with Gasteiger partial charge in [-0.25, -0.2) is 0 Å². The lowest BCUT2D eigenvalue weighted by Gasteiger charge is -2.21. The maximum absolute atomic E-state index is 13.1. The van der Waals surface area contributed by atoms with Crippen LogP contribution in [0.1, 0.15) is 70.0 Å². The van der Waals surface area contributed by atoms with Crippen LogP contribution in [0.4, 0.5) is 13.2 Å². The number of aromatic nitrogens is 1. The predicted octanol–water partition coefficient (Wildman–Crippen LogP) is 5.42. The zero-order chi connectivity index (χ0) is 16.3. The molecule has 5 heteroatoms. The Labute approximate surface area is 131 Å². The van der Waals surface area contributed by atoms with E-state index < -0.39 is 12.2 Å². The summed E-state index contributed by atoms with van der Waals surface area (Å²) in [6.45, 7) is 2.56. The number of hydrogen-bond acceptors (Lipinski definition) is 2. The van der Waals surface area contributed by atoms with Crippen molar-refractivity contribution in [3.8, 4) is 0 Å². The summed E-state index contributed by atoms with van der Waals surface area (Å²) in [7, 11) is 0. The van der Waals surface area contributed by atoms with E-state index in [1.807, 2.05) is 0 Å². The van der Waals surface area contributed by atoms with Crippen LogP contribution in [-0.4, -0.2) is 17.7 Å².